The van der Waals surface area contributed by atoms with E-state index in [-0.39, 0.29) is 11.9 Å². The molecule has 0 radical (unpaired) electrons. The van der Waals surface area contributed by atoms with Crippen molar-refractivity contribution < 1.29 is 14.3 Å². The number of para-hydroxylation sites is 1. The second-order valence-electron chi connectivity index (χ2n) is 4.39. The van der Waals surface area contributed by atoms with E-state index in [1.165, 1.54) is 0 Å². The molecule has 0 saturated carbocycles. The zero-order valence-corrected chi connectivity index (χ0v) is 12.5. The second kappa shape index (κ2) is 6.80. The number of halogens is 1. The number of carbonyl (C=O) groups excluding carboxylic acids is 1. The first kappa shape index (κ1) is 14.2. The normalized spacial score (nSPS) is 14.8. The fourth-order valence-corrected chi connectivity index (χ4v) is 2.58. The van der Waals surface area contributed by atoms with Crippen LogP contribution in [0.25, 0.3) is 0 Å². The molecule has 4 nitrogen and oxygen atoms in total. The van der Waals surface area contributed by atoms with Gasteiger partial charge in [0.05, 0.1) is 5.56 Å². The summed E-state index contributed by atoms with van der Waals surface area (Å²) in [6.07, 6.45) is 1.82. The largest absolute Gasteiger partial charge is 0.486 e. The molecular weight excluding hydrogens is 310 g/mol. The van der Waals surface area contributed by atoms with E-state index in [9.17, 15) is 4.79 Å². The van der Waals surface area contributed by atoms with E-state index in [1.807, 2.05) is 12.1 Å². The zero-order chi connectivity index (χ0) is 13.7. The maximum absolute atomic E-state index is 12.3. The van der Waals surface area contributed by atoms with Gasteiger partial charge in [-0.1, -0.05) is 28.9 Å². The van der Waals surface area contributed by atoms with Gasteiger partial charge in [-0.25, -0.2) is 0 Å². The molecule has 1 aromatic carbocycles. The van der Waals surface area contributed by atoms with Crippen molar-refractivity contribution in [1.29, 1.82) is 0 Å². The Balaban J connectivity index is 2.15. The van der Waals surface area contributed by atoms with E-state index in [2.05, 4.69) is 28.2 Å². The van der Waals surface area contributed by atoms with Gasteiger partial charge in [-0.2, -0.15) is 0 Å². The topological polar surface area (TPSA) is 47.6 Å². The van der Waals surface area contributed by atoms with Crippen LogP contribution in [0.1, 0.15) is 30.1 Å². The smallest absolute Gasteiger partial charge is 0.255 e. The predicted octanol–water partition coefficient (Wildman–Crippen LogP) is 2.75. The molecule has 5 heteroatoms. The summed E-state index contributed by atoms with van der Waals surface area (Å²) in [7, 11) is 0. The number of carbonyl (C=O) groups is 1. The summed E-state index contributed by atoms with van der Waals surface area (Å²) in [5.41, 5.74) is 0.547. The third-order valence-electron chi connectivity index (χ3n) is 3.10. The Labute approximate surface area is 121 Å². The van der Waals surface area contributed by atoms with Crippen LogP contribution in [0.15, 0.2) is 18.2 Å². The lowest BCUT2D eigenvalue weighted by Gasteiger charge is -2.22. The maximum Gasteiger partial charge on any atom is 0.255 e. The van der Waals surface area contributed by atoms with Crippen molar-refractivity contribution in [2.75, 3.05) is 18.5 Å². The Hall–Kier alpha value is -1.23. The van der Waals surface area contributed by atoms with E-state index in [4.69, 9.17) is 9.47 Å². The second-order valence-corrected chi connectivity index (χ2v) is 5.18. The van der Waals surface area contributed by atoms with E-state index in [0.29, 0.717) is 30.3 Å². The van der Waals surface area contributed by atoms with Gasteiger partial charge in [0.15, 0.2) is 11.5 Å². The average molecular weight is 328 g/mol. The molecule has 1 heterocycles. The van der Waals surface area contributed by atoms with Crippen LogP contribution in [-0.2, 0) is 0 Å². The first-order valence-corrected chi connectivity index (χ1v) is 7.63. The molecule has 104 valence electrons. The molecular formula is C14H18BrNO3. The van der Waals surface area contributed by atoms with Crippen molar-refractivity contribution >= 4 is 21.8 Å². The summed E-state index contributed by atoms with van der Waals surface area (Å²) in [6.45, 7) is 3.07. The van der Waals surface area contributed by atoms with Gasteiger partial charge in [-0.05, 0) is 25.0 Å². The van der Waals surface area contributed by atoms with Gasteiger partial charge in [0.2, 0.25) is 0 Å². The third-order valence-corrected chi connectivity index (χ3v) is 3.55. The highest BCUT2D eigenvalue weighted by Gasteiger charge is 2.21. The Morgan fingerprint density at radius 1 is 1.42 bits per heavy atom. The molecule has 0 bridgehead atoms. The molecule has 19 heavy (non-hydrogen) atoms. The monoisotopic (exact) mass is 327 g/mol. The molecule has 0 aliphatic carbocycles. The van der Waals surface area contributed by atoms with E-state index >= 15 is 0 Å². The van der Waals surface area contributed by atoms with Gasteiger partial charge in [-0.3, -0.25) is 4.79 Å². The number of hydrogen-bond acceptors (Lipinski definition) is 3. The van der Waals surface area contributed by atoms with Gasteiger partial charge in [0.25, 0.3) is 5.91 Å². The molecule has 0 aromatic heterocycles. The average Bonchev–Trinajstić information content (AvgIpc) is 2.46. The minimum atomic E-state index is -0.102. The lowest BCUT2D eigenvalue weighted by Crippen LogP contribution is -2.35. The number of fused-ring (bicyclic) bond motifs is 1. The Morgan fingerprint density at radius 2 is 2.21 bits per heavy atom. The first-order chi connectivity index (χ1) is 9.26. The van der Waals surface area contributed by atoms with Gasteiger partial charge in [0.1, 0.15) is 13.2 Å². The van der Waals surface area contributed by atoms with Crippen LogP contribution in [0, 0.1) is 0 Å². The molecule has 1 amide bonds. The molecule has 1 aromatic rings. The molecule has 1 aliphatic rings. The maximum atomic E-state index is 12.3. The van der Waals surface area contributed by atoms with Crippen LogP contribution >= 0.6 is 15.9 Å². The van der Waals surface area contributed by atoms with Gasteiger partial charge in [-0.15, -0.1) is 0 Å². The van der Waals surface area contributed by atoms with E-state index in [0.717, 1.165) is 18.2 Å². The molecule has 1 N–H and O–H groups in total. The van der Waals surface area contributed by atoms with Crippen molar-refractivity contribution in [3.8, 4) is 11.5 Å². The van der Waals surface area contributed by atoms with Crippen LogP contribution in [-0.4, -0.2) is 30.5 Å². The first-order valence-electron chi connectivity index (χ1n) is 6.51. The highest BCUT2D eigenvalue weighted by Crippen LogP contribution is 2.33. The van der Waals surface area contributed by atoms with Crippen LogP contribution in [0.4, 0.5) is 0 Å². The molecule has 0 spiro atoms. The van der Waals surface area contributed by atoms with Gasteiger partial charge >= 0.3 is 0 Å². The Kier molecular flexibility index (Phi) is 5.07. The Bertz CT molecular complexity index is 450. The number of rotatable bonds is 5. The van der Waals surface area contributed by atoms with Crippen molar-refractivity contribution in [2.45, 2.75) is 25.8 Å². The van der Waals surface area contributed by atoms with Gasteiger partial charge in [0, 0.05) is 11.4 Å². The lowest BCUT2D eigenvalue weighted by molar-refractivity contribution is 0.0924. The fraction of sp³-hybridized carbons (Fsp3) is 0.500. The number of hydrogen-bond donors (Lipinski definition) is 1. The summed E-state index contributed by atoms with van der Waals surface area (Å²) >= 11 is 3.40. The zero-order valence-electron chi connectivity index (χ0n) is 10.9. The third kappa shape index (κ3) is 3.41. The van der Waals surface area contributed by atoms with Crippen LogP contribution in [0.3, 0.4) is 0 Å². The quantitative estimate of drug-likeness (QED) is 0.846. The molecule has 0 saturated heterocycles. The SMILES string of the molecule is CCC(CCBr)NC(=O)c1cccc2c1OCCO2. The van der Waals surface area contributed by atoms with Crippen molar-refractivity contribution in [1.82, 2.24) is 5.32 Å². The van der Waals surface area contributed by atoms with E-state index < -0.39 is 0 Å². The number of benzene rings is 1. The molecule has 1 aliphatic heterocycles. The molecule has 0 fully saturated rings. The lowest BCUT2D eigenvalue weighted by atomic mass is 10.1. The van der Waals surface area contributed by atoms with Crippen LogP contribution in [0.2, 0.25) is 0 Å². The summed E-state index contributed by atoms with van der Waals surface area (Å²) in [4.78, 5) is 12.3. The molecule has 1 unspecified atom stereocenters. The summed E-state index contributed by atoms with van der Waals surface area (Å²) in [5, 5.41) is 3.90. The Morgan fingerprint density at radius 3 is 2.95 bits per heavy atom. The number of alkyl halides is 1. The van der Waals surface area contributed by atoms with E-state index in [1.54, 1.807) is 6.07 Å². The predicted molar refractivity (Wildman–Crippen MR) is 77.4 cm³/mol. The van der Waals surface area contributed by atoms with Crippen molar-refractivity contribution in [3.63, 3.8) is 0 Å². The van der Waals surface area contributed by atoms with Gasteiger partial charge < -0.3 is 14.8 Å². The fourth-order valence-electron chi connectivity index (χ4n) is 2.03. The van der Waals surface area contributed by atoms with Crippen LogP contribution < -0.4 is 14.8 Å². The number of amides is 1. The summed E-state index contributed by atoms with van der Waals surface area (Å²) in [6, 6.07) is 5.57. The minimum absolute atomic E-state index is 0.102. The number of ether oxygens (including phenoxy) is 2. The number of nitrogens with one attached hydrogen (secondary N) is 1. The summed E-state index contributed by atoms with van der Waals surface area (Å²) < 4.78 is 11.0. The molecule has 1 atom stereocenters. The van der Waals surface area contributed by atoms with Crippen molar-refractivity contribution in [3.05, 3.63) is 23.8 Å². The highest BCUT2D eigenvalue weighted by molar-refractivity contribution is 9.09. The summed E-state index contributed by atoms with van der Waals surface area (Å²) in [5.74, 6) is 1.10. The standard InChI is InChI=1S/C14H18BrNO3/c1-2-10(6-7-15)16-14(17)11-4-3-5-12-13(11)19-9-8-18-12/h3-5,10H,2,6-9H2,1H3,(H,16,17). The van der Waals surface area contributed by atoms with Crippen molar-refractivity contribution in [2.24, 2.45) is 0 Å². The highest BCUT2D eigenvalue weighted by atomic mass is 79.9. The van der Waals surface area contributed by atoms with Crippen LogP contribution in [0.5, 0.6) is 11.5 Å². The molecule has 2 rings (SSSR count). The minimum Gasteiger partial charge on any atom is -0.486 e.